The molecule has 0 aromatic heterocycles. The van der Waals surface area contributed by atoms with Gasteiger partial charge in [0, 0.05) is 48.7 Å². The number of imide groups is 1. The van der Waals surface area contributed by atoms with Crippen molar-refractivity contribution >= 4 is 46.6 Å². The predicted molar refractivity (Wildman–Crippen MR) is 291 cm³/mol. The Kier molecular flexibility index (Phi) is 14.3. The fraction of sp³-hybridized carbons (Fsp3) is 0.226. The highest BCUT2D eigenvalue weighted by molar-refractivity contribution is 6.24. The molecule has 16 nitrogen and oxygen atoms in total. The molecule has 6 atom stereocenters. The molecular formula is C62H54N6O10. The monoisotopic (exact) mass is 1040 g/mol. The molecule has 78 heavy (non-hydrogen) atoms. The number of nitro groups is 1. The van der Waals surface area contributed by atoms with Crippen molar-refractivity contribution in [2.75, 3.05) is 55.0 Å². The Morgan fingerprint density at radius 1 is 0.782 bits per heavy atom. The van der Waals surface area contributed by atoms with Crippen molar-refractivity contribution in [3.05, 3.63) is 231 Å². The van der Waals surface area contributed by atoms with Gasteiger partial charge in [-0.25, -0.2) is 9.69 Å². The Bertz CT molecular complexity index is 3420. The fourth-order valence-corrected chi connectivity index (χ4v) is 11.6. The Labute approximate surface area is 450 Å². The number of rotatable bonds is 12. The van der Waals surface area contributed by atoms with Crippen LogP contribution in [0.25, 0.3) is 0 Å². The summed E-state index contributed by atoms with van der Waals surface area (Å²) in [5, 5.41) is 25.5. The summed E-state index contributed by atoms with van der Waals surface area (Å²) in [7, 11) is 1.96. The summed E-state index contributed by atoms with van der Waals surface area (Å²) in [6.45, 7) is 3.15. The number of cyclic esters (lactones) is 1. The molecule has 3 amide bonds. The fourth-order valence-electron chi connectivity index (χ4n) is 11.6. The van der Waals surface area contributed by atoms with Gasteiger partial charge in [0.25, 0.3) is 5.69 Å². The third-order valence-electron chi connectivity index (χ3n) is 15.0. The van der Waals surface area contributed by atoms with Crippen LogP contribution in [0.3, 0.4) is 0 Å². The smallest absolute Gasteiger partial charge is 0.421 e. The Hall–Kier alpha value is -9.14. The normalized spacial score (nSPS) is 21.5. The van der Waals surface area contributed by atoms with E-state index in [1.165, 1.54) is 36.4 Å². The highest BCUT2D eigenvalue weighted by Crippen LogP contribution is 2.66. The second kappa shape index (κ2) is 21.8. The van der Waals surface area contributed by atoms with E-state index in [0.29, 0.717) is 72.9 Å². The first-order chi connectivity index (χ1) is 38.0. The summed E-state index contributed by atoms with van der Waals surface area (Å²) in [5.74, 6) is 2.55. The summed E-state index contributed by atoms with van der Waals surface area (Å²) in [4.78, 5) is 81.4. The topological polar surface area (TPSA) is 184 Å². The van der Waals surface area contributed by atoms with E-state index >= 15 is 14.4 Å². The molecule has 0 saturated carbocycles. The molecule has 0 radical (unpaired) electrons. The lowest BCUT2D eigenvalue weighted by Crippen LogP contribution is -2.54. The molecule has 3 fully saturated rings. The number of anilines is 3. The first-order valence-electron chi connectivity index (χ1n) is 25.7. The Morgan fingerprint density at radius 3 is 2.10 bits per heavy atom. The van der Waals surface area contributed by atoms with Gasteiger partial charge in [-0.15, -0.1) is 0 Å². The van der Waals surface area contributed by atoms with Gasteiger partial charge in [0.2, 0.25) is 11.8 Å². The number of nitro benzene ring substituents is 1. The van der Waals surface area contributed by atoms with Crippen molar-refractivity contribution < 1.29 is 43.4 Å². The summed E-state index contributed by atoms with van der Waals surface area (Å²) in [6.07, 6.45) is -2.05. The number of phenolic OH excluding ortho intramolecular Hbond substituents is 1. The highest BCUT2D eigenvalue weighted by Gasteiger charge is 2.76. The van der Waals surface area contributed by atoms with Crippen molar-refractivity contribution in [2.45, 2.75) is 42.8 Å². The van der Waals surface area contributed by atoms with Crippen LogP contribution in [0.4, 0.5) is 27.5 Å². The number of nitrogens with one attached hydrogen (secondary N) is 1. The van der Waals surface area contributed by atoms with E-state index in [9.17, 15) is 20.0 Å². The standard InChI is InChI=1S/C62H54N6O10/c1-64(39-42-12-5-2-6-13-42)33-11-14-41-21-32-52-51(38-41)62(60(72)66(52)61(73)77-40-43-19-26-49(27-20-43)68(74)75)53(58(70)63-47-24-28-48(29-25-47)65-34-36-76-37-35-65)55-59(71)78-56(45-17-9-4-10-18-45)54(44-15-7-3-8-16-44)67(55)57(62)46-22-30-50(69)31-23-46/h2-10,12-13,15-32,38,53-57,69H,33-37,39-40H2,1H3,(H,63,70)/t53-,54-,55-,56+,57+,62-/m1/s1. The molecule has 4 aliphatic rings. The highest BCUT2D eigenvalue weighted by atomic mass is 16.6. The average molecular weight is 1040 g/mol. The molecule has 7 aromatic rings. The number of amides is 3. The average Bonchev–Trinajstić information content (AvgIpc) is 4.14. The largest absolute Gasteiger partial charge is 0.508 e. The number of non-ortho nitro benzene ring substituents is 1. The van der Waals surface area contributed by atoms with Crippen LogP contribution in [0, 0.1) is 27.9 Å². The molecule has 0 aliphatic carbocycles. The number of morpholine rings is 2. The summed E-state index contributed by atoms with van der Waals surface area (Å²) < 4.78 is 18.1. The minimum Gasteiger partial charge on any atom is -0.508 e. The van der Waals surface area contributed by atoms with Crippen LogP contribution in [0.5, 0.6) is 5.75 Å². The van der Waals surface area contributed by atoms with Crippen molar-refractivity contribution in [3.63, 3.8) is 0 Å². The number of benzene rings is 7. The van der Waals surface area contributed by atoms with Gasteiger partial charge in [-0.1, -0.05) is 115 Å². The van der Waals surface area contributed by atoms with Gasteiger partial charge in [-0.3, -0.25) is 34.3 Å². The molecule has 4 heterocycles. The number of aromatic hydroxyl groups is 1. The predicted octanol–water partition coefficient (Wildman–Crippen LogP) is 9.26. The molecule has 7 aromatic carbocycles. The second-order valence-electron chi connectivity index (χ2n) is 19.8. The number of nitrogens with zero attached hydrogens (tertiary/aromatic N) is 5. The molecule has 4 aliphatic heterocycles. The number of hydrogen-bond donors (Lipinski definition) is 2. The van der Waals surface area contributed by atoms with E-state index < -0.39 is 64.4 Å². The molecular weight excluding hydrogens is 989 g/mol. The van der Waals surface area contributed by atoms with Gasteiger partial charge in [0.15, 0.2) is 0 Å². The molecule has 11 rings (SSSR count). The van der Waals surface area contributed by atoms with Gasteiger partial charge in [-0.05, 0) is 107 Å². The maximum absolute atomic E-state index is 16.7. The number of phenols is 1. The van der Waals surface area contributed by atoms with E-state index in [4.69, 9.17) is 14.2 Å². The first-order valence-corrected chi connectivity index (χ1v) is 25.7. The Balaban J connectivity index is 1.11. The van der Waals surface area contributed by atoms with Crippen LogP contribution < -0.4 is 15.1 Å². The van der Waals surface area contributed by atoms with Crippen molar-refractivity contribution in [1.29, 1.82) is 0 Å². The third kappa shape index (κ3) is 9.71. The lowest BCUT2D eigenvalue weighted by atomic mass is 9.65. The van der Waals surface area contributed by atoms with Crippen LogP contribution in [0.1, 0.15) is 57.1 Å². The molecule has 0 bridgehead atoms. The van der Waals surface area contributed by atoms with Crippen LogP contribution >= 0.6 is 0 Å². The van der Waals surface area contributed by atoms with E-state index in [1.807, 2.05) is 115 Å². The number of esters is 1. The zero-order chi connectivity index (χ0) is 53.9. The number of carbonyl (C=O) groups excluding carboxylic acids is 4. The van der Waals surface area contributed by atoms with Crippen molar-refractivity contribution in [3.8, 4) is 17.6 Å². The maximum Gasteiger partial charge on any atom is 0.421 e. The minimum absolute atomic E-state index is 0.0682. The van der Waals surface area contributed by atoms with Crippen LogP contribution in [0.2, 0.25) is 0 Å². The molecule has 0 unspecified atom stereocenters. The summed E-state index contributed by atoms with van der Waals surface area (Å²) in [5.41, 5.74) is 3.16. The lowest BCUT2D eigenvalue weighted by molar-refractivity contribution is -0.384. The van der Waals surface area contributed by atoms with Crippen LogP contribution in [0.15, 0.2) is 182 Å². The molecule has 392 valence electrons. The number of fused-ring (bicyclic) bond motifs is 3. The molecule has 2 N–H and O–H groups in total. The minimum atomic E-state index is -2.14. The number of carbonyl (C=O) groups is 4. The molecule has 1 spiro atoms. The van der Waals surface area contributed by atoms with E-state index in [1.54, 1.807) is 42.5 Å². The van der Waals surface area contributed by atoms with Gasteiger partial charge >= 0.3 is 12.1 Å². The van der Waals surface area contributed by atoms with Gasteiger partial charge < -0.3 is 29.5 Å². The SMILES string of the molecule is CN(CC#Cc1ccc2c(c1)[C@]1(C(=O)N2C(=O)OCc2ccc([N+](=O)[O-])cc2)[C@H](c2ccc(O)cc2)N2[C@H](c3ccccc3)[C@H](c3ccccc3)OC(=O)[C@H]2[C@@H]1C(=O)Nc1ccc(N2CCOCC2)cc1)Cc1ccccc1. The van der Waals surface area contributed by atoms with Crippen LogP contribution in [-0.2, 0) is 47.2 Å². The van der Waals surface area contributed by atoms with Gasteiger partial charge in [0.1, 0.15) is 29.9 Å². The second-order valence-corrected chi connectivity index (χ2v) is 19.8. The molecule has 16 heteroatoms. The van der Waals surface area contributed by atoms with Crippen LogP contribution in [-0.4, -0.2) is 89.6 Å². The molecule has 3 saturated heterocycles. The van der Waals surface area contributed by atoms with E-state index in [2.05, 4.69) is 27.0 Å². The zero-order valence-corrected chi connectivity index (χ0v) is 42.5. The third-order valence-corrected chi connectivity index (χ3v) is 15.0. The van der Waals surface area contributed by atoms with Crippen molar-refractivity contribution in [2.24, 2.45) is 5.92 Å². The van der Waals surface area contributed by atoms with E-state index in [-0.39, 0.29) is 29.3 Å². The quantitative estimate of drug-likeness (QED) is 0.0511. The van der Waals surface area contributed by atoms with Gasteiger partial charge in [-0.2, -0.15) is 0 Å². The zero-order valence-electron chi connectivity index (χ0n) is 42.5. The van der Waals surface area contributed by atoms with E-state index in [0.717, 1.165) is 16.2 Å². The lowest BCUT2D eigenvalue weighted by Gasteiger charge is -2.46. The first kappa shape index (κ1) is 51.0. The van der Waals surface area contributed by atoms with Crippen molar-refractivity contribution in [1.82, 2.24) is 9.80 Å². The number of hydrogen-bond acceptors (Lipinski definition) is 13. The van der Waals surface area contributed by atoms with Gasteiger partial charge in [0.05, 0.1) is 48.4 Å². The summed E-state index contributed by atoms with van der Waals surface area (Å²) >= 11 is 0. The maximum atomic E-state index is 16.7. The Morgan fingerprint density at radius 2 is 1.44 bits per heavy atom. The number of ether oxygens (including phenoxy) is 3. The summed E-state index contributed by atoms with van der Waals surface area (Å²) in [6, 6.07) is 49.3.